The first-order valence-electron chi connectivity index (χ1n) is 10.8. The Hall–Kier alpha value is -4.55. The number of hydrogen-bond acceptors (Lipinski definition) is 5. The molecule has 0 saturated carbocycles. The van der Waals surface area contributed by atoms with Crippen LogP contribution in [-0.2, 0) is 9.59 Å². The number of halogens is 1. The van der Waals surface area contributed by atoms with Gasteiger partial charge in [-0.2, -0.15) is 0 Å². The van der Waals surface area contributed by atoms with Crippen molar-refractivity contribution in [2.75, 3.05) is 10.2 Å². The normalized spacial score (nSPS) is 13.2. The molecule has 1 aliphatic heterocycles. The van der Waals surface area contributed by atoms with Crippen molar-refractivity contribution in [2.24, 2.45) is 0 Å². The first-order chi connectivity index (χ1) is 17.1. The zero-order valence-electron chi connectivity index (χ0n) is 18.4. The second kappa shape index (κ2) is 9.75. The van der Waals surface area contributed by atoms with E-state index in [9.17, 15) is 9.59 Å². The van der Waals surface area contributed by atoms with Crippen molar-refractivity contribution in [3.05, 3.63) is 120 Å². The van der Waals surface area contributed by atoms with Gasteiger partial charge in [-0.25, -0.2) is 4.90 Å². The van der Waals surface area contributed by atoms with Crippen molar-refractivity contribution in [1.29, 1.82) is 0 Å². The fourth-order valence-electron chi connectivity index (χ4n) is 3.51. The lowest BCUT2D eigenvalue weighted by molar-refractivity contribution is -0.120. The fraction of sp³-hybridized carbons (Fsp3) is 0. The van der Waals surface area contributed by atoms with Crippen LogP contribution in [0.5, 0.6) is 23.0 Å². The Morgan fingerprint density at radius 3 is 1.54 bits per heavy atom. The van der Waals surface area contributed by atoms with E-state index in [-0.39, 0.29) is 10.7 Å². The monoisotopic (exact) mass is 482 g/mol. The first-order valence-corrected chi connectivity index (χ1v) is 11.2. The molecule has 1 aliphatic rings. The highest BCUT2D eigenvalue weighted by Gasteiger charge is 2.39. The van der Waals surface area contributed by atoms with Crippen LogP contribution in [0.2, 0.25) is 0 Å². The number of para-hydroxylation sites is 2. The third-order valence-electron chi connectivity index (χ3n) is 5.20. The molecular formula is C28H19ClN2O4. The average Bonchev–Trinajstić information content (AvgIpc) is 3.10. The lowest BCUT2D eigenvalue weighted by Crippen LogP contribution is -2.32. The number of nitrogens with zero attached hydrogens (tertiary/aromatic N) is 1. The molecule has 0 fully saturated rings. The predicted octanol–water partition coefficient (Wildman–Crippen LogP) is 6.71. The van der Waals surface area contributed by atoms with Crippen molar-refractivity contribution < 1.29 is 19.1 Å². The topological polar surface area (TPSA) is 67.9 Å². The molecule has 1 N–H and O–H groups in total. The number of rotatable bonds is 7. The standard InChI is InChI=1S/C28H19ClN2O4/c29-25-26(30-19-11-15-23(16-12-19)34-21-7-3-1-4-8-21)28(33)31(27(25)32)20-13-17-24(18-14-20)35-22-9-5-2-6-10-22/h1-18,30H. The molecular weight excluding hydrogens is 464 g/mol. The van der Waals surface area contributed by atoms with Crippen LogP contribution in [0.25, 0.3) is 0 Å². The molecule has 35 heavy (non-hydrogen) atoms. The summed E-state index contributed by atoms with van der Waals surface area (Å²) in [5.74, 6) is 1.47. The van der Waals surface area contributed by atoms with Gasteiger partial charge in [-0.05, 0) is 72.8 Å². The van der Waals surface area contributed by atoms with Crippen LogP contribution < -0.4 is 19.7 Å². The summed E-state index contributed by atoms with van der Waals surface area (Å²) < 4.78 is 11.5. The van der Waals surface area contributed by atoms with Gasteiger partial charge in [-0.3, -0.25) is 9.59 Å². The van der Waals surface area contributed by atoms with E-state index < -0.39 is 11.8 Å². The second-order valence-electron chi connectivity index (χ2n) is 7.61. The van der Waals surface area contributed by atoms with Crippen molar-refractivity contribution in [3.63, 3.8) is 0 Å². The van der Waals surface area contributed by atoms with Gasteiger partial charge in [0.15, 0.2) is 0 Å². The summed E-state index contributed by atoms with van der Waals surface area (Å²) in [7, 11) is 0. The van der Waals surface area contributed by atoms with Gasteiger partial charge >= 0.3 is 0 Å². The second-order valence-corrected chi connectivity index (χ2v) is 7.99. The van der Waals surface area contributed by atoms with Crippen LogP contribution in [0.15, 0.2) is 120 Å². The van der Waals surface area contributed by atoms with Gasteiger partial charge in [0.05, 0.1) is 5.69 Å². The van der Waals surface area contributed by atoms with Crippen LogP contribution >= 0.6 is 11.6 Å². The minimum Gasteiger partial charge on any atom is -0.457 e. The number of benzene rings is 4. The van der Waals surface area contributed by atoms with Crippen LogP contribution in [0, 0.1) is 0 Å². The Balaban J connectivity index is 1.27. The van der Waals surface area contributed by atoms with E-state index in [1.54, 1.807) is 48.5 Å². The number of anilines is 2. The molecule has 0 aliphatic carbocycles. The number of carbonyl (C=O) groups excluding carboxylic acids is 2. The van der Waals surface area contributed by atoms with Gasteiger partial charge in [0, 0.05) is 5.69 Å². The Morgan fingerprint density at radius 2 is 1.03 bits per heavy atom. The van der Waals surface area contributed by atoms with Gasteiger partial charge < -0.3 is 14.8 Å². The largest absolute Gasteiger partial charge is 0.457 e. The summed E-state index contributed by atoms with van der Waals surface area (Å²) in [6.45, 7) is 0. The quantitative estimate of drug-likeness (QED) is 0.296. The SMILES string of the molecule is O=C1C(Cl)=C(Nc2ccc(Oc3ccccc3)cc2)C(=O)N1c1ccc(Oc2ccccc2)cc1. The Labute approximate surface area is 207 Å². The summed E-state index contributed by atoms with van der Waals surface area (Å²) in [6, 6.07) is 32.4. The number of hydrogen-bond donors (Lipinski definition) is 1. The number of amides is 2. The summed E-state index contributed by atoms with van der Waals surface area (Å²) in [5.41, 5.74) is 0.994. The molecule has 0 unspecified atom stereocenters. The predicted molar refractivity (Wildman–Crippen MR) is 135 cm³/mol. The third kappa shape index (κ3) is 4.88. The molecule has 0 saturated heterocycles. The summed E-state index contributed by atoms with van der Waals surface area (Å²) in [6.07, 6.45) is 0. The summed E-state index contributed by atoms with van der Waals surface area (Å²) in [5, 5.41) is 2.78. The van der Waals surface area contributed by atoms with E-state index in [0.717, 1.165) is 4.90 Å². The van der Waals surface area contributed by atoms with E-state index in [0.29, 0.717) is 34.4 Å². The van der Waals surface area contributed by atoms with Crippen molar-refractivity contribution >= 4 is 34.8 Å². The van der Waals surface area contributed by atoms with Gasteiger partial charge in [0.25, 0.3) is 11.8 Å². The maximum absolute atomic E-state index is 13.1. The molecule has 0 atom stereocenters. The molecule has 0 radical (unpaired) electrons. The van der Waals surface area contributed by atoms with Gasteiger partial charge in [-0.1, -0.05) is 48.0 Å². The van der Waals surface area contributed by atoms with Crippen molar-refractivity contribution in [3.8, 4) is 23.0 Å². The number of imide groups is 1. The summed E-state index contributed by atoms with van der Waals surface area (Å²) >= 11 is 6.25. The number of nitrogens with one attached hydrogen (secondary N) is 1. The van der Waals surface area contributed by atoms with E-state index in [4.69, 9.17) is 21.1 Å². The molecule has 0 spiro atoms. The van der Waals surface area contributed by atoms with Crippen LogP contribution in [0.1, 0.15) is 0 Å². The Kier molecular flexibility index (Phi) is 6.20. The molecule has 6 nitrogen and oxygen atoms in total. The molecule has 4 aromatic carbocycles. The van der Waals surface area contributed by atoms with E-state index >= 15 is 0 Å². The fourth-order valence-corrected chi connectivity index (χ4v) is 3.72. The lowest BCUT2D eigenvalue weighted by atomic mass is 10.2. The average molecular weight is 483 g/mol. The van der Waals surface area contributed by atoms with Crippen LogP contribution in [-0.4, -0.2) is 11.8 Å². The number of carbonyl (C=O) groups is 2. The molecule has 5 rings (SSSR count). The van der Waals surface area contributed by atoms with E-state index in [1.165, 1.54) is 0 Å². The molecule has 172 valence electrons. The Bertz CT molecular complexity index is 1390. The molecule has 1 heterocycles. The highest BCUT2D eigenvalue weighted by atomic mass is 35.5. The minimum absolute atomic E-state index is 0.0120. The zero-order valence-corrected chi connectivity index (χ0v) is 19.1. The molecule has 0 aromatic heterocycles. The maximum atomic E-state index is 13.1. The molecule has 7 heteroatoms. The number of ether oxygens (including phenoxy) is 2. The highest BCUT2D eigenvalue weighted by molar-refractivity contribution is 6.53. The lowest BCUT2D eigenvalue weighted by Gasteiger charge is -2.16. The van der Waals surface area contributed by atoms with Crippen LogP contribution in [0.4, 0.5) is 11.4 Å². The maximum Gasteiger partial charge on any atom is 0.283 e. The van der Waals surface area contributed by atoms with E-state index in [1.807, 2.05) is 60.7 Å². The van der Waals surface area contributed by atoms with Gasteiger partial charge in [-0.15, -0.1) is 0 Å². The molecule has 4 aromatic rings. The summed E-state index contributed by atoms with van der Waals surface area (Å²) in [4.78, 5) is 26.9. The first kappa shape index (κ1) is 22.3. The molecule has 0 bridgehead atoms. The van der Waals surface area contributed by atoms with Gasteiger partial charge in [0.1, 0.15) is 33.7 Å². The zero-order chi connectivity index (χ0) is 24.2. The smallest absolute Gasteiger partial charge is 0.283 e. The van der Waals surface area contributed by atoms with Gasteiger partial charge in [0.2, 0.25) is 0 Å². The molecule has 2 amide bonds. The third-order valence-corrected chi connectivity index (χ3v) is 5.55. The Morgan fingerprint density at radius 1 is 0.571 bits per heavy atom. The highest BCUT2D eigenvalue weighted by Crippen LogP contribution is 2.32. The van der Waals surface area contributed by atoms with Crippen LogP contribution in [0.3, 0.4) is 0 Å². The minimum atomic E-state index is -0.597. The van der Waals surface area contributed by atoms with E-state index in [2.05, 4.69) is 5.32 Å². The van der Waals surface area contributed by atoms with Crippen molar-refractivity contribution in [1.82, 2.24) is 0 Å². The van der Waals surface area contributed by atoms with Crippen molar-refractivity contribution in [2.45, 2.75) is 0 Å².